The number of hydrogen-bond donors (Lipinski definition) is 1. The van der Waals surface area contributed by atoms with E-state index in [9.17, 15) is 9.59 Å². The van der Waals surface area contributed by atoms with Gasteiger partial charge in [-0.2, -0.15) is 5.10 Å². The number of nitrogens with zero attached hydrogens (tertiary/aromatic N) is 2. The van der Waals surface area contributed by atoms with Crippen molar-refractivity contribution in [3.8, 4) is 34.3 Å². The molecule has 0 fully saturated rings. The predicted octanol–water partition coefficient (Wildman–Crippen LogP) is 3.08. The fraction of sp³-hybridized carbons (Fsp3) is 0.346. The van der Waals surface area contributed by atoms with Gasteiger partial charge in [0, 0.05) is 31.1 Å². The maximum absolute atomic E-state index is 12.3. The molecule has 0 spiro atoms. The molecular formula is C26H31N3O6. The lowest BCUT2D eigenvalue weighted by molar-refractivity contribution is -0.121. The van der Waals surface area contributed by atoms with Crippen molar-refractivity contribution in [3.63, 3.8) is 0 Å². The summed E-state index contributed by atoms with van der Waals surface area (Å²) >= 11 is 0. The molecule has 1 amide bonds. The highest BCUT2D eigenvalue weighted by Gasteiger charge is 2.10. The van der Waals surface area contributed by atoms with Crippen LogP contribution in [-0.4, -0.2) is 50.7 Å². The molecule has 35 heavy (non-hydrogen) atoms. The number of rotatable bonds is 12. The van der Waals surface area contributed by atoms with Crippen LogP contribution in [0.3, 0.4) is 0 Å². The van der Waals surface area contributed by atoms with E-state index in [1.165, 1.54) is 10.7 Å². The number of nitrogens with one attached hydrogen (secondary N) is 1. The zero-order chi connectivity index (χ0) is 25.2. The SMILES string of the molecule is COc1ccc(CCNC(=O)CCCn2nc(-c3ccc(OC)c(OC)c3)ccc2=O)cc1OC. The summed E-state index contributed by atoms with van der Waals surface area (Å²) < 4.78 is 22.5. The molecule has 1 heterocycles. The molecule has 0 aliphatic heterocycles. The first-order valence-electron chi connectivity index (χ1n) is 11.3. The van der Waals surface area contributed by atoms with Crippen molar-refractivity contribution < 1.29 is 23.7 Å². The van der Waals surface area contributed by atoms with Crippen LogP contribution in [0.2, 0.25) is 0 Å². The van der Waals surface area contributed by atoms with Crippen LogP contribution in [-0.2, 0) is 17.8 Å². The van der Waals surface area contributed by atoms with Gasteiger partial charge in [0.25, 0.3) is 5.56 Å². The number of carbonyl (C=O) groups excluding carboxylic acids is 1. The Bertz CT molecular complexity index is 1210. The Hall–Kier alpha value is -4.01. The first kappa shape index (κ1) is 25.6. The molecule has 186 valence electrons. The number of aromatic nitrogens is 2. The Labute approximate surface area is 204 Å². The van der Waals surface area contributed by atoms with Crippen LogP contribution in [0.1, 0.15) is 18.4 Å². The van der Waals surface area contributed by atoms with Gasteiger partial charge in [-0.05, 0) is 54.8 Å². The molecular weight excluding hydrogens is 450 g/mol. The summed E-state index contributed by atoms with van der Waals surface area (Å²) in [6, 6.07) is 14.3. The maximum Gasteiger partial charge on any atom is 0.266 e. The van der Waals surface area contributed by atoms with Crippen molar-refractivity contribution >= 4 is 5.91 Å². The van der Waals surface area contributed by atoms with Crippen molar-refractivity contribution in [1.82, 2.24) is 15.1 Å². The van der Waals surface area contributed by atoms with Crippen molar-refractivity contribution in [2.24, 2.45) is 0 Å². The normalized spacial score (nSPS) is 10.5. The highest BCUT2D eigenvalue weighted by Crippen LogP contribution is 2.31. The summed E-state index contributed by atoms with van der Waals surface area (Å²) in [7, 11) is 6.32. The van der Waals surface area contributed by atoms with Gasteiger partial charge in [-0.1, -0.05) is 6.07 Å². The number of aryl methyl sites for hydroxylation is 1. The van der Waals surface area contributed by atoms with Gasteiger partial charge in [-0.25, -0.2) is 4.68 Å². The number of amides is 1. The second-order valence-corrected chi connectivity index (χ2v) is 7.74. The van der Waals surface area contributed by atoms with Crippen LogP contribution < -0.4 is 29.8 Å². The second kappa shape index (κ2) is 12.5. The summed E-state index contributed by atoms with van der Waals surface area (Å²) in [5.41, 5.74) is 2.24. The van der Waals surface area contributed by atoms with Crippen molar-refractivity contribution in [2.45, 2.75) is 25.8 Å². The number of benzene rings is 2. The monoisotopic (exact) mass is 481 g/mol. The lowest BCUT2D eigenvalue weighted by Gasteiger charge is -2.11. The van der Waals surface area contributed by atoms with E-state index in [-0.39, 0.29) is 11.5 Å². The zero-order valence-corrected chi connectivity index (χ0v) is 20.5. The van der Waals surface area contributed by atoms with E-state index in [1.54, 1.807) is 40.6 Å². The van der Waals surface area contributed by atoms with Crippen LogP contribution in [0.25, 0.3) is 11.3 Å². The Morgan fingerprint density at radius 2 is 1.51 bits per heavy atom. The maximum atomic E-state index is 12.3. The molecule has 2 aromatic carbocycles. The fourth-order valence-corrected chi connectivity index (χ4v) is 3.62. The largest absolute Gasteiger partial charge is 0.493 e. The van der Waals surface area contributed by atoms with E-state index < -0.39 is 0 Å². The Morgan fingerprint density at radius 3 is 2.20 bits per heavy atom. The lowest BCUT2D eigenvalue weighted by atomic mass is 10.1. The van der Waals surface area contributed by atoms with E-state index in [0.29, 0.717) is 61.0 Å². The van der Waals surface area contributed by atoms with Gasteiger partial charge in [-0.15, -0.1) is 0 Å². The van der Waals surface area contributed by atoms with Gasteiger partial charge >= 0.3 is 0 Å². The number of carbonyl (C=O) groups is 1. The summed E-state index contributed by atoms with van der Waals surface area (Å²) in [6.45, 7) is 0.838. The minimum absolute atomic E-state index is 0.0745. The predicted molar refractivity (Wildman–Crippen MR) is 133 cm³/mol. The van der Waals surface area contributed by atoms with E-state index in [1.807, 2.05) is 30.3 Å². The van der Waals surface area contributed by atoms with E-state index in [4.69, 9.17) is 18.9 Å². The molecule has 0 aliphatic rings. The Morgan fingerprint density at radius 1 is 0.857 bits per heavy atom. The van der Waals surface area contributed by atoms with Crippen LogP contribution in [0.15, 0.2) is 53.3 Å². The third-order valence-corrected chi connectivity index (χ3v) is 5.50. The molecule has 9 heteroatoms. The van der Waals surface area contributed by atoms with Crippen molar-refractivity contribution in [1.29, 1.82) is 0 Å². The van der Waals surface area contributed by atoms with Crippen LogP contribution in [0.5, 0.6) is 23.0 Å². The first-order valence-corrected chi connectivity index (χ1v) is 11.3. The average Bonchev–Trinajstić information content (AvgIpc) is 2.89. The number of ether oxygens (including phenoxy) is 4. The highest BCUT2D eigenvalue weighted by molar-refractivity contribution is 5.75. The minimum atomic E-state index is -0.219. The van der Waals surface area contributed by atoms with E-state index >= 15 is 0 Å². The Kier molecular flexibility index (Phi) is 9.11. The van der Waals surface area contributed by atoms with Crippen molar-refractivity contribution in [3.05, 3.63) is 64.4 Å². The molecule has 1 aromatic heterocycles. The van der Waals surface area contributed by atoms with Crippen LogP contribution in [0, 0.1) is 0 Å². The van der Waals surface area contributed by atoms with Gasteiger partial charge < -0.3 is 24.3 Å². The summed E-state index contributed by atoms with van der Waals surface area (Å²) in [4.78, 5) is 24.5. The molecule has 0 unspecified atom stereocenters. The molecule has 3 rings (SSSR count). The molecule has 0 aliphatic carbocycles. The first-order chi connectivity index (χ1) is 17.0. The lowest BCUT2D eigenvalue weighted by Crippen LogP contribution is -2.27. The summed E-state index contributed by atoms with van der Waals surface area (Å²) in [6.07, 6.45) is 1.45. The molecule has 9 nitrogen and oxygen atoms in total. The van der Waals surface area contributed by atoms with Crippen LogP contribution in [0.4, 0.5) is 0 Å². The Balaban J connectivity index is 1.52. The minimum Gasteiger partial charge on any atom is -0.493 e. The summed E-state index contributed by atoms with van der Waals surface area (Å²) in [5.74, 6) is 2.44. The molecule has 0 atom stereocenters. The smallest absolute Gasteiger partial charge is 0.266 e. The third kappa shape index (κ3) is 6.75. The highest BCUT2D eigenvalue weighted by atomic mass is 16.5. The molecule has 1 N–H and O–H groups in total. The van der Waals surface area contributed by atoms with Crippen molar-refractivity contribution in [2.75, 3.05) is 35.0 Å². The topological polar surface area (TPSA) is 101 Å². The van der Waals surface area contributed by atoms with E-state index in [0.717, 1.165) is 11.1 Å². The molecule has 0 radical (unpaired) electrons. The fourth-order valence-electron chi connectivity index (χ4n) is 3.62. The summed E-state index contributed by atoms with van der Waals surface area (Å²) in [5, 5.41) is 7.37. The van der Waals surface area contributed by atoms with Gasteiger partial charge in [-0.3, -0.25) is 9.59 Å². The van der Waals surface area contributed by atoms with Gasteiger partial charge in [0.2, 0.25) is 5.91 Å². The molecule has 0 saturated heterocycles. The molecule has 3 aromatic rings. The number of hydrogen-bond acceptors (Lipinski definition) is 7. The van der Waals surface area contributed by atoms with Crippen LogP contribution >= 0.6 is 0 Å². The molecule has 0 saturated carbocycles. The third-order valence-electron chi connectivity index (χ3n) is 5.50. The number of methoxy groups -OCH3 is 4. The standard InChI is InChI=1S/C26H31N3O6/c1-32-21-10-7-18(16-23(21)34-3)13-14-27-25(30)6-5-15-29-26(31)12-9-20(28-29)19-8-11-22(33-2)24(17-19)35-4/h7-12,16-17H,5-6,13-15H2,1-4H3,(H,27,30). The van der Waals surface area contributed by atoms with Gasteiger partial charge in [0.1, 0.15) is 0 Å². The average molecular weight is 482 g/mol. The zero-order valence-electron chi connectivity index (χ0n) is 20.5. The van der Waals surface area contributed by atoms with Gasteiger partial charge in [0.05, 0.1) is 34.1 Å². The molecule has 0 bridgehead atoms. The van der Waals surface area contributed by atoms with E-state index in [2.05, 4.69) is 10.4 Å². The quantitative estimate of drug-likeness (QED) is 0.424. The second-order valence-electron chi connectivity index (χ2n) is 7.74. The van der Waals surface area contributed by atoms with Gasteiger partial charge in [0.15, 0.2) is 23.0 Å².